The first kappa shape index (κ1) is 32.6. The van der Waals surface area contributed by atoms with E-state index < -0.39 is 15.9 Å². The van der Waals surface area contributed by atoms with Crippen LogP contribution in [-0.2, 0) is 24.7 Å². The van der Waals surface area contributed by atoms with Crippen LogP contribution in [0.1, 0.15) is 26.5 Å². The van der Waals surface area contributed by atoms with Crippen LogP contribution in [0, 0.1) is 0 Å². The monoisotopic (exact) mass is 626 g/mol. The Balaban J connectivity index is 1.45. The summed E-state index contributed by atoms with van der Waals surface area (Å²) in [6.45, 7) is 12.1. The molecule has 1 aromatic carbocycles. The van der Waals surface area contributed by atoms with E-state index in [1.807, 2.05) is 25.7 Å². The lowest BCUT2D eigenvalue weighted by Crippen LogP contribution is -2.41. The highest BCUT2D eigenvalue weighted by molar-refractivity contribution is 7.91. The predicted molar refractivity (Wildman–Crippen MR) is 167 cm³/mol. The summed E-state index contributed by atoms with van der Waals surface area (Å²) in [5.41, 5.74) is 0.232. The maximum atomic E-state index is 12.6. The number of carbonyl (C=O) groups excluding carboxylic acids is 1. The van der Waals surface area contributed by atoms with Gasteiger partial charge in [-0.25, -0.2) is 23.2 Å². The van der Waals surface area contributed by atoms with E-state index in [1.165, 1.54) is 6.33 Å². The van der Waals surface area contributed by atoms with Crippen molar-refractivity contribution in [2.45, 2.75) is 26.2 Å². The lowest BCUT2D eigenvalue weighted by atomic mass is 9.93. The molecular formula is C30H38N6O7S. The van der Waals surface area contributed by atoms with E-state index >= 15 is 0 Å². The topological polar surface area (TPSA) is 158 Å². The van der Waals surface area contributed by atoms with Crippen LogP contribution in [0.25, 0.3) is 12.2 Å². The van der Waals surface area contributed by atoms with Gasteiger partial charge in [0.05, 0.1) is 28.7 Å². The summed E-state index contributed by atoms with van der Waals surface area (Å²) in [5, 5.41) is 10.4. The summed E-state index contributed by atoms with van der Waals surface area (Å²) < 4.78 is 45.8. The second kappa shape index (κ2) is 14.5. The van der Waals surface area contributed by atoms with E-state index in [4.69, 9.17) is 18.7 Å². The van der Waals surface area contributed by atoms with Gasteiger partial charge in [0.25, 0.3) is 0 Å². The first-order chi connectivity index (χ1) is 20.9. The van der Waals surface area contributed by atoms with E-state index in [1.54, 1.807) is 49.6 Å². The van der Waals surface area contributed by atoms with Gasteiger partial charge in [-0.1, -0.05) is 38.6 Å². The van der Waals surface area contributed by atoms with Gasteiger partial charge in [0.1, 0.15) is 30.2 Å². The number of carbonyl (C=O) groups is 1. The molecular weight excluding hydrogens is 588 g/mol. The fraction of sp³-hybridized carbons (Fsp3) is 0.400. The highest BCUT2D eigenvalue weighted by Gasteiger charge is 2.22. The Bertz CT molecular complexity index is 1680. The lowest BCUT2D eigenvalue weighted by molar-refractivity contribution is 0.174. The molecule has 4 rings (SSSR count). The number of ether oxygens (including phenoxy) is 3. The smallest absolute Gasteiger partial charge is 0.324 e. The van der Waals surface area contributed by atoms with Gasteiger partial charge in [0.15, 0.2) is 15.7 Å². The van der Waals surface area contributed by atoms with Crippen molar-refractivity contribution in [2.24, 2.45) is 0 Å². The summed E-state index contributed by atoms with van der Waals surface area (Å²) in [4.78, 5) is 23.3. The van der Waals surface area contributed by atoms with Gasteiger partial charge in [-0.05, 0) is 24.3 Å². The largest absolute Gasteiger partial charge is 0.493 e. The number of allylic oxidation sites excluding steroid dienone is 1. The Hall–Kier alpha value is -4.27. The number of benzene rings is 1. The zero-order valence-electron chi connectivity index (χ0n) is 25.3. The van der Waals surface area contributed by atoms with Crippen molar-refractivity contribution in [1.82, 2.24) is 20.0 Å². The Kier molecular flexibility index (Phi) is 10.7. The van der Waals surface area contributed by atoms with Crippen LogP contribution in [0.2, 0.25) is 0 Å². The quantitative estimate of drug-likeness (QED) is 0.302. The molecule has 1 saturated heterocycles. The minimum absolute atomic E-state index is 0.155. The Morgan fingerprint density at radius 3 is 2.64 bits per heavy atom. The van der Waals surface area contributed by atoms with Crippen LogP contribution in [-0.4, -0.2) is 85.9 Å². The second-order valence-electron chi connectivity index (χ2n) is 11.1. The third-order valence-corrected chi connectivity index (χ3v) is 8.17. The highest BCUT2D eigenvalue weighted by atomic mass is 32.2. The number of amides is 2. The molecule has 14 heteroatoms. The predicted octanol–water partition coefficient (Wildman–Crippen LogP) is 2.67. The molecule has 1 fully saturated rings. The molecule has 3 heterocycles. The zero-order chi connectivity index (χ0) is 31.7. The van der Waals surface area contributed by atoms with E-state index in [9.17, 15) is 13.2 Å². The first-order valence-electron chi connectivity index (χ1n) is 14.0. The number of aromatic nitrogens is 3. The van der Waals surface area contributed by atoms with Gasteiger partial charge >= 0.3 is 6.03 Å². The molecule has 0 radical (unpaired) electrons. The number of methoxy groups -OCH3 is 1. The third kappa shape index (κ3) is 9.62. The number of nitrogens with one attached hydrogen (secondary N) is 2. The van der Waals surface area contributed by atoms with Crippen LogP contribution in [0.15, 0.2) is 53.5 Å². The lowest BCUT2D eigenvalue weighted by Gasteiger charge is -2.26. The molecule has 1 aliphatic rings. The van der Waals surface area contributed by atoms with Gasteiger partial charge in [-0.3, -0.25) is 10.2 Å². The molecule has 13 nitrogen and oxygen atoms in total. The molecule has 0 spiro atoms. The normalized spacial score (nSPS) is 16.0. The van der Waals surface area contributed by atoms with Gasteiger partial charge in [0, 0.05) is 50.0 Å². The van der Waals surface area contributed by atoms with E-state index in [-0.39, 0.29) is 22.8 Å². The molecule has 2 aromatic heterocycles. The van der Waals surface area contributed by atoms with Crippen molar-refractivity contribution in [2.75, 3.05) is 62.1 Å². The van der Waals surface area contributed by atoms with Gasteiger partial charge in [0.2, 0.25) is 5.88 Å². The van der Waals surface area contributed by atoms with Crippen molar-refractivity contribution < 1.29 is 31.9 Å². The van der Waals surface area contributed by atoms with E-state index in [0.717, 1.165) is 0 Å². The van der Waals surface area contributed by atoms with Crippen LogP contribution in [0.5, 0.6) is 11.6 Å². The van der Waals surface area contributed by atoms with Crippen molar-refractivity contribution in [3.05, 3.63) is 65.3 Å². The molecule has 0 unspecified atom stereocenters. The number of nitrogens with zero attached hydrogens (tertiary/aromatic N) is 4. The maximum absolute atomic E-state index is 12.6. The Morgan fingerprint density at radius 2 is 1.93 bits per heavy atom. The SMILES string of the molecule is C=C(/C=c1/c(Oc2cccc(NC(=O)Nc3cc(C(C)(C)C)on3)c2)ncn/c1=C/COC)OCCN1CCS(=O)(=O)CC1. The number of sulfone groups is 1. The van der Waals surface area contributed by atoms with Crippen LogP contribution >= 0.6 is 0 Å². The minimum atomic E-state index is -2.94. The molecule has 1 aliphatic heterocycles. The summed E-state index contributed by atoms with van der Waals surface area (Å²) in [6.07, 6.45) is 4.83. The summed E-state index contributed by atoms with van der Waals surface area (Å²) in [6, 6.07) is 8.01. The number of hydrogen-bond acceptors (Lipinski definition) is 11. The molecule has 0 bridgehead atoms. The summed E-state index contributed by atoms with van der Waals surface area (Å²) in [7, 11) is -1.37. The average molecular weight is 627 g/mol. The highest BCUT2D eigenvalue weighted by Crippen LogP contribution is 2.25. The number of rotatable bonds is 11. The fourth-order valence-electron chi connectivity index (χ4n) is 4.13. The van der Waals surface area contributed by atoms with E-state index in [2.05, 4.69) is 32.3 Å². The van der Waals surface area contributed by atoms with E-state index in [0.29, 0.717) is 72.2 Å². The number of hydrogen-bond donors (Lipinski definition) is 2. The minimum Gasteiger partial charge on any atom is -0.493 e. The molecule has 0 saturated carbocycles. The van der Waals surface area contributed by atoms with Gasteiger partial charge in [-0.15, -0.1) is 0 Å². The summed E-state index contributed by atoms with van der Waals surface area (Å²) in [5.74, 6) is 2.27. The molecule has 2 N–H and O–H groups in total. The van der Waals surface area contributed by atoms with Gasteiger partial charge in [-0.2, -0.15) is 0 Å². The van der Waals surface area contributed by atoms with Gasteiger partial charge < -0.3 is 24.1 Å². The molecule has 236 valence electrons. The van der Waals surface area contributed by atoms with Crippen molar-refractivity contribution >= 4 is 39.5 Å². The van der Waals surface area contributed by atoms with Crippen molar-refractivity contribution in [1.29, 1.82) is 0 Å². The Morgan fingerprint density at radius 1 is 1.16 bits per heavy atom. The second-order valence-corrected chi connectivity index (χ2v) is 13.4. The molecule has 0 atom stereocenters. The molecule has 2 amide bonds. The van der Waals surface area contributed by atoms with Crippen LogP contribution in [0.3, 0.4) is 0 Å². The zero-order valence-corrected chi connectivity index (χ0v) is 26.1. The maximum Gasteiger partial charge on any atom is 0.324 e. The standard InChI is InChI=1S/C30H38N6O7S/c1-21(41-14-10-36-11-15-44(38,39)16-12-36)17-24-25(9-13-40-5)31-20-32-28(24)42-23-8-6-7-22(18-23)33-29(37)34-27-19-26(43-35-27)30(2,3)4/h6-9,17-20H,1,10-16H2,2-5H3,(H2,33,34,35,37)/b24-17+,25-9+. The van der Waals surface area contributed by atoms with Crippen molar-refractivity contribution in [3.8, 4) is 11.6 Å². The Labute approximate surface area is 256 Å². The summed E-state index contributed by atoms with van der Waals surface area (Å²) >= 11 is 0. The van der Waals surface area contributed by atoms with Crippen LogP contribution < -0.4 is 25.9 Å². The third-order valence-electron chi connectivity index (χ3n) is 6.56. The van der Waals surface area contributed by atoms with Crippen LogP contribution in [0.4, 0.5) is 16.3 Å². The molecule has 3 aromatic rings. The average Bonchev–Trinajstić information content (AvgIpc) is 3.43. The molecule has 44 heavy (non-hydrogen) atoms. The fourth-order valence-corrected chi connectivity index (χ4v) is 5.41. The number of anilines is 2. The van der Waals surface area contributed by atoms with Crippen molar-refractivity contribution in [3.63, 3.8) is 0 Å². The molecule has 0 aliphatic carbocycles. The number of urea groups is 1. The first-order valence-corrected chi connectivity index (χ1v) is 15.8.